The zero-order valence-corrected chi connectivity index (χ0v) is 15.9. The first-order valence-electron chi connectivity index (χ1n) is 8.53. The van der Waals surface area contributed by atoms with E-state index in [4.69, 9.17) is 4.74 Å². The lowest BCUT2D eigenvalue weighted by atomic mass is 9.57. The molecule has 1 aliphatic heterocycles. The number of carbonyl (C=O) groups is 1. The molecule has 1 aromatic carbocycles. The molecule has 1 amide bonds. The molecule has 25 heavy (non-hydrogen) atoms. The van der Waals surface area contributed by atoms with E-state index in [0.717, 1.165) is 48.9 Å². The van der Waals surface area contributed by atoms with Crippen LogP contribution in [-0.4, -0.2) is 31.7 Å². The molecule has 2 aromatic rings. The number of anilines is 1. The Morgan fingerprint density at radius 1 is 1.44 bits per heavy atom. The molecule has 1 aliphatic carbocycles. The molecular weight excluding hydrogens is 387 g/mol. The third-order valence-electron chi connectivity index (χ3n) is 5.68. The first-order chi connectivity index (χ1) is 12.0. The van der Waals surface area contributed by atoms with Crippen LogP contribution in [0.4, 0.5) is 10.1 Å². The third kappa shape index (κ3) is 2.41. The van der Waals surface area contributed by atoms with Gasteiger partial charge in [0.05, 0.1) is 27.3 Å². The van der Waals surface area contributed by atoms with E-state index in [1.807, 2.05) is 0 Å². The lowest BCUT2D eigenvalue weighted by molar-refractivity contribution is -0.127. The Bertz CT molecular complexity index is 864. The highest BCUT2D eigenvalue weighted by molar-refractivity contribution is 9.10. The van der Waals surface area contributed by atoms with Gasteiger partial charge in [-0.15, -0.1) is 0 Å². The maximum Gasteiger partial charge on any atom is 0.237 e. The van der Waals surface area contributed by atoms with Gasteiger partial charge in [0.15, 0.2) is 0 Å². The molecule has 0 radical (unpaired) electrons. The van der Waals surface area contributed by atoms with Crippen molar-refractivity contribution in [2.45, 2.75) is 31.1 Å². The first kappa shape index (κ1) is 16.9. The number of carbonyl (C=O) groups excluding carboxylic acids is 1. The van der Waals surface area contributed by atoms with Gasteiger partial charge in [-0.25, -0.2) is 4.39 Å². The van der Waals surface area contributed by atoms with E-state index in [1.165, 1.54) is 6.07 Å². The molecule has 0 saturated heterocycles. The molecule has 4 nitrogen and oxygen atoms in total. The minimum Gasteiger partial charge on any atom is -0.385 e. The number of rotatable bonds is 4. The molecule has 132 valence electrons. The van der Waals surface area contributed by atoms with Crippen molar-refractivity contribution in [2.75, 3.05) is 25.7 Å². The van der Waals surface area contributed by atoms with Gasteiger partial charge in [-0.1, -0.05) is 0 Å². The Balaban J connectivity index is 1.76. The van der Waals surface area contributed by atoms with Gasteiger partial charge in [-0.2, -0.15) is 0 Å². The first-order valence-corrected chi connectivity index (χ1v) is 9.32. The van der Waals surface area contributed by atoms with Crippen LogP contribution in [-0.2, 0) is 14.9 Å². The van der Waals surface area contributed by atoms with Gasteiger partial charge >= 0.3 is 0 Å². The van der Waals surface area contributed by atoms with E-state index in [2.05, 4.69) is 20.9 Å². The van der Waals surface area contributed by atoms with Crippen molar-refractivity contribution >= 4 is 38.4 Å². The number of likely N-dealkylation sites (N-methyl/N-ethyl adjacent to an activating group) is 1. The molecule has 0 atom stereocenters. The van der Waals surface area contributed by atoms with E-state index >= 15 is 0 Å². The van der Waals surface area contributed by atoms with Gasteiger partial charge in [-0.05, 0) is 53.6 Å². The van der Waals surface area contributed by atoms with Crippen molar-refractivity contribution in [1.29, 1.82) is 0 Å². The SMILES string of the molecule is COCCCC1CC2(C1)C(=O)N(C)c1cnc3cc(F)c(Br)cc3c12. The fourth-order valence-corrected chi connectivity index (χ4v) is 4.84. The van der Waals surface area contributed by atoms with Gasteiger partial charge in [0.2, 0.25) is 5.91 Å². The van der Waals surface area contributed by atoms with Crippen molar-refractivity contribution in [3.8, 4) is 0 Å². The maximum atomic E-state index is 13.9. The van der Waals surface area contributed by atoms with E-state index < -0.39 is 5.41 Å². The fraction of sp³-hybridized carbons (Fsp3) is 0.474. The summed E-state index contributed by atoms with van der Waals surface area (Å²) < 4.78 is 19.4. The van der Waals surface area contributed by atoms with Crippen molar-refractivity contribution in [1.82, 2.24) is 4.98 Å². The number of hydrogen-bond donors (Lipinski definition) is 0. The minimum absolute atomic E-state index is 0.139. The average Bonchev–Trinajstić information content (AvgIpc) is 2.78. The Morgan fingerprint density at radius 2 is 2.20 bits per heavy atom. The molecule has 1 spiro atoms. The number of benzene rings is 1. The van der Waals surface area contributed by atoms with Crippen LogP contribution in [0.15, 0.2) is 22.8 Å². The average molecular weight is 407 g/mol. The summed E-state index contributed by atoms with van der Waals surface area (Å²) in [4.78, 5) is 19.1. The van der Waals surface area contributed by atoms with Gasteiger partial charge in [-0.3, -0.25) is 9.78 Å². The number of pyridine rings is 1. The van der Waals surface area contributed by atoms with Crippen LogP contribution >= 0.6 is 15.9 Å². The molecular formula is C19H20BrFN2O2. The van der Waals surface area contributed by atoms with Crippen LogP contribution in [0.25, 0.3) is 10.9 Å². The lowest BCUT2D eigenvalue weighted by Gasteiger charge is -2.44. The monoisotopic (exact) mass is 406 g/mol. The van der Waals surface area contributed by atoms with E-state index in [-0.39, 0.29) is 11.7 Å². The Hall–Kier alpha value is -1.53. The van der Waals surface area contributed by atoms with E-state index in [9.17, 15) is 9.18 Å². The van der Waals surface area contributed by atoms with E-state index in [0.29, 0.717) is 15.9 Å². The summed E-state index contributed by atoms with van der Waals surface area (Å²) in [5, 5.41) is 0.874. The number of halogens is 2. The van der Waals surface area contributed by atoms with Crippen molar-refractivity contribution in [3.05, 3.63) is 34.2 Å². The second kappa shape index (κ2) is 6.02. The highest BCUT2D eigenvalue weighted by Crippen LogP contribution is 2.58. The second-order valence-electron chi connectivity index (χ2n) is 7.16. The van der Waals surface area contributed by atoms with Crippen LogP contribution in [0.2, 0.25) is 0 Å². The topological polar surface area (TPSA) is 42.4 Å². The molecule has 2 heterocycles. The van der Waals surface area contributed by atoms with Crippen LogP contribution < -0.4 is 4.90 Å². The smallest absolute Gasteiger partial charge is 0.237 e. The van der Waals surface area contributed by atoms with E-state index in [1.54, 1.807) is 31.3 Å². The lowest BCUT2D eigenvalue weighted by Crippen LogP contribution is -2.48. The zero-order valence-electron chi connectivity index (χ0n) is 14.3. The largest absolute Gasteiger partial charge is 0.385 e. The summed E-state index contributed by atoms with van der Waals surface area (Å²) in [7, 11) is 3.52. The van der Waals surface area contributed by atoms with Gasteiger partial charge in [0.1, 0.15) is 5.82 Å². The third-order valence-corrected chi connectivity index (χ3v) is 6.29. The molecule has 0 N–H and O–H groups in total. The summed E-state index contributed by atoms with van der Waals surface area (Å²) in [6.45, 7) is 0.757. The Morgan fingerprint density at radius 3 is 2.92 bits per heavy atom. The molecule has 6 heteroatoms. The standard InChI is InChI=1S/C19H20BrFN2O2/c1-23-16-10-22-15-7-14(21)13(20)6-12(15)17(16)19(18(23)24)8-11(9-19)4-3-5-25-2/h6-7,10-11H,3-5,8-9H2,1-2H3. The quantitative estimate of drug-likeness (QED) is 0.714. The maximum absolute atomic E-state index is 13.9. The number of fused-ring (bicyclic) bond motifs is 4. The second-order valence-corrected chi connectivity index (χ2v) is 8.01. The van der Waals surface area contributed by atoms with Crippen LogP contribution in [0.3, 0.4) is 0 Å². The number of amides is 1. The number of nitrogens with zero attached hydrogens (tertiary/aromatic N) is 2. The molecule has 1 fully saturated rings. The normalized spacial score (nSPS) is 24.9. The summed E-state index contributed by atoms with van der Waals surface area (Å²) in [6, 6.07) is 3.20. The Labute approximate surface area is 154 Å². The predicted octanol–water partition coefficient (Wildman–Crippen LogP) is 4.19. The molecule has 2 aliphatic rings. The van der Waals surface area contributed by atoms with Crippen LogP contribution in [0, 0.1) is 11.7 Å². The number of hydrogen-bond acceptors (Lipinski definition) is 3. The number of ether oxygens (including phenoxy) is 1. The summed E-state index contributed by atoms with van der Waals surface area (Å²) in [5.41, 5.74) is 2.00. The van der Waals surface area contributed by atoms with Crippen molar-refractivity contribution in [2.24, 2.45) is 5.92 Å². The Kier molecular flexibility index (Phi) is 4.07. The van der Waals surface area contributed by atoms with Crippen LogP contribution in [0.5, 0.6) is 0 Å². The van der Waals surface area contributed by atoms with Gasteiger partial charge in [0.25, 0.3) is 0 Å². The van der Waals surface area contributed by atoms with Crippen LogP contribution in [0.1, 0.15) is 31.2 Å². The molecule has 4 rings (SSSR count). The molecule has 1 aromatic heterocycles. The number of aromatic nitrogens is 1. The van der Waals surface area contributed by atoms with Gasteiger partial charge in [0, 0.05) is 37.8 Å². The molecule has 0 bridgehead atoms. The highest BCUT2D eigenvalue weighted by atomic mass is 79.9. The molecule has 0 unspecified atom stereocenters. The number of methoxy groups -OCH3 is 1. The van der Waals surface area contributed by atoms with Crippen molar-refractivity contribution < 1.29 is 13.9 Å². The van der Waals surface area contributed by atoms with Gasteiger partial charge < -0.3 is 9.64 Å². The summed E-state index contributed by atoms with van der Waals surface area (Å²) in [6.07, 6.45) is 5.49. The molecule has 1 saturated carbocycles. The summed E-state index contributed by atoms with van der Waals surface area (Å²) >= 11 is 3.27. The zero-order chi connectivity index (χ0) is 17.8. The minimum atomic E-state index is -0.472. The predicted molar refractivity (Wildman–Crippen MR) is 98.3 cm³/mol. The van der Waals surface area contributed by atoms with Crippen molar-refractivity contribution in [3.63, 3.8) is 0 Å². The summed E-state index contributed by atoms with van der Waals surface area (Å²) in [5.74, 6) is 0.337. The highest BCUT2D eigenvalue weighted by Gasteiger charge is 2.58. The fourth-order valence-electron chi connectivity index (χ4n) is 4.50.